The summed E-state index contributed by atoms with van der Waals surface area (Å²) < 4.78 is 0. The fraction of sp³-hybridized carbons (Fsp3) is 0.643. The second kappa shape index (κ2) is 7.51. The number of rotatable bonds is 6. The number of likely N-dealkylation sites (N-methyl/N-ethyl adjacent to an activating group) is 1. The first-order chi connectivity index (χ1) is 9.70. The van der Waals surface area contributed by atoms with Crippen molar-refractivity contribution in [1.82, 2.24) is 15.2 Å². The van der Waals surface area contributed by atoms with E-state index in [1.54, 1.807) is 18.9 Å². The van der Waals surface area contributed by atoms with Crippen molar-refractivity contribution in [2.75, 3.05) is 18.9 Å². The SMILES string of the molecule is Cc1nc(NC(=O)[C@H](C)N(C)CC(=O)NC(C)C)sc1C. The molecular weight excluding hydrogens is 288 g/mol. The molecule has 0 saturated carbocycles. The van der Waals surface area contributed by atoms with Crippen LogP contribution in [0.15, 0.2) is 0 Å². The van der Waals surface area contributed by atoms with Crippen LogP contribution < -0.4 is 10.6 Å². The number of nitrogens with one attached hydrogen (secondary N) is 2. The van der Waals surface area contributed by atoms with Crippen molar-refractivity contribution in [2.45, 2.75) is 46.7 Å². The van der Waals surface area contributed by atoms with E-state index < -0.39 is 6.04 Å². The number of carbonyl (C=O) groups is 2. The van der Waals surface area contributed by atoms with Crippen molar-refractivity contribution in [2.24, 2.45) is 0 Å². The summed E-state index contributed by atoms with van der Waals surface area (Å²) in [7, 11) is 1.75. The molecular formula is C14H24N4O2S. The van der Waals surface area contributed by atoms with E-state index >= 15 is 0 Å². The molecule has 0 radical (unpaired) electrons. The molecule has 1 aromatic heterocycles. The van der Waals surface area contributed by atoms with Gasteiger partial charge in [0.1, 0.15) is 0 Å². The van der Waals surface area contributed by atoms with Crippen LogP contribution in [0.3, 0.4) is 0 Å². The van der Waals surface area contributed by atoms with E-state index in [4.69, 9.17) is 0 Å². The van der Waals surface area contributed by atoms with Crippen LogP contribution in [-0.4, -0.2) is 47.4 Å². The molecule has 1 heterocycles. The lowest BCUT2D eigenvalue weighted by molar-refractivity contribution is -0.125. The Balaban J connectivity index is 2.55. The van der Waals surface area contributed by atoms with Gasteiger partial charge in [-0.3, -0.25) is 14.5 Å². The molecule has 0 aromatic carbocycles. The lowest BCUT2D eigenvalue weighted by atomic mass is 10.2. The van der Waals surface area contributed by atoms with E-state index in [9.17, 15) is 9.59 Å². The zero-order valence-corrected chi connectivity index (χ0v) is 14.3. The molecule has 0 bridgehead atoms. The zero-order valence-electron chi connectivity index (χ0n) is 13.5. The first kappa shape index (κ1) is 17.6. The molecule has 1 rings (SSSR count). The van der Waals surface area contributed by atoms with Gasteiger partial charge in [0.05, 0.1) is 18.3 Å². The van der Waals surface area contributed by atoms with Gasteiger partial charge in [0.2, 0.25) is 11.8 Å². The minimum Gasteiger partial charge on any atom is -0.353 e. The molecule has 1 aromatic rings. The summed E-state index contributed by atoms with van der Waals surface area (Å²) in [5.41, 5.74) is 0.924. The number of hydrogen-bond donors (Lipinski definition) is 2. The van der Waals surface area contributed by atoms with Crippen molar-refractivity contribution in [1.29, 1.82) is 0 Å². The van der Waals surface area contributed by atoms with E-state index in [2.05, 4.69) is 15.6 Å². The summed E-state index contributed by atoms with van der Waals surface area (Å²) >= 11 is 1.45. The first-order valence-corrected chi connectivity index (χ1v) is 7.76. The molecule has 0 saturated heterocycles. The molecule has 0 aliphatic rings. The van der Waals surface area contributed by atoms with E-state index in [1.807, 2.05) is 27.7 Å². The van der Waals surface area contributed by atoms with Crippen molar-refractivity contribution in [3.05, 3.63) is 10.6 Å². The lowest BCUT2D eigenvalue weighted by Gasteiger charge is -2.23. The maximum atomic E-state index is 12.2. The van der Waals surface area contributed by atoms with Gasteiger partial charge in [-0.05, 0) is 41.7 Å². The summed E-state index contributed by atoms with van der Waals surface area (Å²) in [6.07, 6.45) is 0. The molecule has 2 amide bonds. The van der Waals surface area contributed by atoms with E-state index in [0.717, 1.165) is 10.6 Å². The van der Waals surface area contributed by atoms with Crippen LogP contribution in [0.4, 0.5) is 5.13 Å². The third-order valence-electron chi connectivity index (χ3n) is 3.14. The lowest BCUT2D eigenvalue weighted by Crippen LogP contribution is -2.45. The van der Waals surface area contributed by atoms with Crippen molar-refractivity contribution < 1.29 is 9.59 Å². The third-order valence-corrected chi connectivity index (χ3v) is 4.13. The standard InChI is InChI=1S/C14H24N4O2S/c1-8(2)15-12(19)7-18(6)10(4)13(20)17-14-16-9(3)11(5)21-14/h8,10H,7H2,1-6H3,(H,15,19)(H,16,17,20)/t10-/m0/s1. The highest BCUT2D eigenvalue weighted by Crippen LogP contribution is 2.21. The predicted octanol–water partition coefficient (Wildman–Crippen LogP) is 1.54. The molecule has 2 N–H and O–H groups in total. The predicted molar refractivity (Wildman–Crippen MR) is 85.6 cm³/mol. The van der Waals surface area contributed by atoms with Crippen LogP contribution in [0, 0.1) is 13.8 Å². The third kappa shape index (κ3) is 5.43. The topological polar surface area (TPSA) is 74.3 Å². The summed E-state index contributed by atoms with van der Waals surface area (Å²) in [4.78, 5) is 30.9. The molecule has 0 spiro atoms. The Morgan fingerprint density at radius 2 is 1.90 bits per heavy atom. The Labute approximate surface area is 129 Å². The van der Waals surface area contributed by atoms with Crippen LogP contribution in [0.5, 0.6) is 0 Å². The Morgan fingerprint density at radius 3 is 2.38 bits per heavy atom. The minimum atomic E-state index is -0.410. The van der Waals surface area contributed by atoms with Gasteiger partial charge in [0.15, 0.2) is 5.13 Å². The smallest absolute Gasteiger partial charge is 0.243 e. The number of carbonyl (C=O) groups excluding carboxylic acids is 2. The van der Waals surface area contributed by atoms with E-state index in [1.165, 1.54) is 11.3 Å². The van der Waals surface area contributed by atoms with Gasteiger partial charge in [-0.15, -0.1) is 11.3 Å². The van der Waals surface area contributed by atoms with Crippen LogP contribution in [0.25, 0.3) is 0 Å². The molecule has 1 atom stereocenters. The summed E-state index contributed by atoms with van der Waals surface area (Å²) in [6, 6.07) is -0.316. The summed E-state index contributed by atoms with van der Waals surface area (Å²) in [6.45, 7) is 9.64. The van der Waals surface area contributed by atoms with Gasteiger partial charge >= 0.3 is 0 Å². The number of aryl methyl sites for hydroxylation is 2. The maximum Gasteiger partial charge on any atom is 0.243 e. The number of nitrogens with zero attached hydrogens (tertiary/aromatic N) is 2. The highest BCUT2D eigenvalue weighted by molar-refractivity contribution is 7.15. The Kier molecular flexibility index (Phi) is 6.29. The second-order valence-electron chi connectivity index (χ2n) is 5.46. The van der Waals surface area contributed by atoms with Gasteiger partial charge in [0.25, 0.3) is 0 Å². The minimum absolute atomic E-state index is 0.0897. The van der Waals surface area contributed by atoms with Gasteiger partial charge in [-0.2, -0.15) is 0 Å². The van der Waals surface area contributed by atoms with E-state index in [0.29, 0.717) is 5.13 Å². The number of thiazole rings is 1. The molecule has 0 fully saturated rings. The van der Waals surface area contributed by atoms with Gasteiger partial charge in [0, 0.05) is 10.9 Å². The highest BCUT2D eigenvalue weighted by Gasteiger charge is 2.21. The van der Waals surface area contributed by atoms with Crippen LogP contribution in [0.1, 0.15) is 31.3 Å². The van der Waals surface area contributed by atoms with Gasteiger partial charge < -0.3 is 10.6 Å². The largest absolute Gasteiger partial charge is 0.353 e. The molecule has 21 heavy (non-hydrogen) atoms. The number of hydrogen-bond acceptors (Lipinski definition) is 5. The van der Waals surface area contributed by atoms with Crippen LogP contribution >= 0.6 is 11.3 Å². The fourth-order valence-corrected chi connectivity index (χ4v) is 2.48. The highest BCUT2D eigenvalue weighted by atomic mass is 32.1. The van der Waals surface area contributed by atoms with Crippen molar-refractivity contribution >= 4 is 28.3 Å². The molecule has 0 unspecified atom stereocenters. The number of anilines is 1. The first-order valence-electron chi connectivity index (χ1n) is 6.95. The monoisotopic (exact) mass is 312 g/mol. The number of aromatic nitrogens is 1. The van der Waals surface area contributed by atoms with Crippen LogP contribution in [-0.2, 0) is 9.59 Å². The molecule has 6 nitrogen and oxygen atoms in total. The number of amides is 2. The van der Waals surface area contributed by atoms with Gasteiger partial charge in [-0.25, -0.2) is 4.98 Å². The van der Waals surface area contributed by atoms with Crippen molar-refractivity contribution in [3.8, 4) is 0 Å². The van der Waals surface area contributed by atoms with E-state index in [-0.39, 0.29) is 24.4 Å². The summed E-state index contributed by atoms with van der Waals surface area (Å²) in [5, 5.41) is 6.20. The Bertz CT molecular complexity index is 494. The second-order valence-corrected chi connectivity index (χ2v) is 6.67. The normalized spacial score (nSPS) is 12.6. The molecule has 0 aliphatic heterocycles. The quantitative estimate of drug-likeness (QED) is 0.835. The maximum absolute atomic E-state index is 12.2. The zero-order chi connectivity index (χ0) is 16.2. The Hall–Kier alpha value is -1.47. The van der Waals surface area contributed by atoms with Gasteiger partial charge in [-0.1, -0.05) is 0 Å². The average Bonchev–Trinajstić information content (AvgIpc) is 2.65. The summed E-state index contributed by atoms with van der Waals surface area (Å²) in [5.74, 6) is -0.253. The van der Waals surface area contributed by atoms with Crippen molar-refractivity contribution in [3.63, 3.8) is 0 Å². The average molecular weight is 312 g/mol. The molecule has 118 valence electrons. The molecule has 7 heteroatoms. The Morgan fingerprint density at radius 1 is 1.29 bits per heavy atom. The molecule has 0 aliphatic carbocycles. The van der Waals surface area contributed by atoms with Crippen LogP contribution in [0.2, 0.25) is 0 Å². The fourth-order valence-electron chi connectivity index (χ4n) is 1.67.